The monoisotopic (exact) mass is 369 g/mol. The van der Waals surface area contributed by atoms with Gasteiger partial charge in [-0.15, -0.1) is 0 Å². The van der Waals surface area contributed by atoms with Gasteiger partial charge < -0.3 is 4.90 Å². The van der Waals surface area contributed by atoms with Gasteiger partial charge in [0.05, 0.1) is 17.4 Å². The summed E-state index contributed by atoms with van der Waals surface area (Å²) in [5, 5.41) is 6.76. The number of anilines is 1. The minimum atomic E-state index is -0.368. The van der Waals surface area contributed by atoms with Crippen LogP contribution in [0, 0.1) is 5.92 Å². The van der Waals surface area contributed by atoms with Gasteiger partial charge in [0, 0.05) is 25.2 Å². The summed E-state index contributed by atoms with van der Waals surface area (Å²) in [6, 6.07) is 4.54. The van der Waals surface area contributed by atoms with E-state index in [0.29, 0.717) is 24.9 Å². The van der Waals surface area contributed by atoms with Crippen molar-refractivity contribution in [1.82, 2.24) is 19.8 Å². The lowest BCUT2D eigenvalue weighted by Gasteiger charge is -2.37. The number of nitrogens with zero attached hydrogens (tertiary/aromatic N) is 4. The lowest BCUT2D eigenvalue weighted by Crippen LogP contribution is -2.49. The van der Waals surface area contributed by atoms with Gasteiger partial charge >= 0.3 is 6.03 Å². The number of rotatable bonds is 4. The maximum atomic E-state index is 12.2. The summed E-state index contributed by atoms with van der Waals surface area (Å²) in [4.78, 5) is 27.8. The number of amides is 3. The standard InChI is InChI=1S/C20H27N5O2/c1-3-23-7-4-15(10-14(23)2)11-16-5-9-25-17(12-16)18(13-21-25)24-8-6-19(26)22-20(24)27/h5,9,12-15H,3-4,6-8,10-11H2,1-2H3,(H,22,26,27)/t14-,15+/m0/s1. The number of fused-ring (bicyclic) bond motifs is 1. The van der Waals surface area contributed by atoms with Gasteiger partial charge in [-0.25, -0.2) is 9.31 Å². The van der Waals surface area contributed by atoms with Crippen LogP contribution in [0.25, 0.3) is 5.52 Å². The molecule has 0 spiro atoms. The second kappa shape index (κ2) is 7.31. The van der Waals surface area contributed by atoms with Crippen LogP contribution in [-0.2, 0) is 11.2 Å². The molecule has 4 heterocycles. The predicted molar refractivity (Wildman–Crippen MR) is 104 cm³/mol. The van der Waals surface area contributed by atoms with Crippen LogP contribution in [0.15, 0.2) is 24.5 Å². The van der Waals surface area contributed by atoms with E-state index in [9.17, 15) is 9.59 Å². The maximum Gasteiger partial charge on any atom is 0.328 e. The molecule has 0 radical (unpaired) electrons. The zero-order valence-electron chi connectivity index (χ0n) is 16.0. The molecule has 1 N–H and O–H groups in total. The lowest BCUT2D eigenvalue weighted by atomic mass is 9.86. The molecule has 0 bridgehead atoms. The summed E-state index contributed by atoms with van der Waals surface area (Å²) in [5.41, 5.74) is 2.95. The molecule has 2 aromatic rings. The second-order valence-electron chi connectivity index (χ2n) is 7.72. The molecule has 0 saturated carbocycles. The smallest absolute Gasteiger partial charge is 0.301 e. The SMILES string of the molecule is CCN1CC[C@@H](Cc2ccn3ncc(N4CCC(=O)NC4=O)c3c2)C[C@@H]1C. The van der Waals surface area contributed by atoms with Gasteiger partial charge in [-0.2, -0.15) is 5.10 Å². The van der Waals surface area contributed by atoms with Gasteiger partial charge in [-0.1, -0.05) is 6.92 Å². The fourth-order valence-corrected chi connectivity index (χ4v) is 4.45. The molecular weight excluding hydrogens is 342 g/mol. The summed E-state index contributed by atoms with van der Waals surface area (Å²) >= 11 is 0. The third kappa shape index (κ3) is 3.56. The van der Waals surface area contributed by atoms with Gasteiger partial charge in [-0.3, -0.25) is 15.0 Å². The topological polar surface area (TPSA) is 70.0 Å². The number of pyridine rings is 1. The highest BCUT2D eigenvalue weighted by molar-refractivity contribution is 6.07. The molecule has 0 aromatic carbocycles. The van der Waals surface area contributed by atoms with Crippen LogP contribution in [0.4, 0.5) is 10.5 Å². The van der Waals surface area contributed by atoms with Crippen molar-refractivity contribution in [2.45, 2.75) is 45.6 Å². The number of imide groups is 1. The van der Waals surface area contributed by atoms with E-state index in [1.807, 2.05) is 6.20 Å². The maximum absolute atomic E-state index is 12.2. The van der Waals surface area contributed by atoms with Crippen LogP contribution in [0.1, 0.15) is 38.7 Å². The number of nitrogens with one attached hydrogen (secondary N) is 1. The number of urea groups is 1. The molecule has 2 aliphatic rings. The van der Waals surface area contributed by atoms with Crippen molar-refractivity contribution in [2.75, 3.05) is 24.5 Å². The molecule has 2 saturated heterocycles. The lowest BCUT2D eigenvalue weighted by molar-refractivity contribution is -0.120. The van der Waals surface area contributed by atoms with Gasteiger partial charge in [0.2, 0.25) is 5.91 Å². The van der Waals surface area contributed by atoms with E-state index in [0.717, 1.165) is 24.2 Å². The molecule has 3 amide bonds. The average molecular weight is 369 g/mol. The summed E-state index contributed by atoms with van der Waals surface area (Å²) in [5.74, 6) is 0.466. The van der Waals surface area contributed by atoms with Crippen LogP contribution in [0.2, 0.25) is 0 Å². The first-order chi connectivity index (χ1) is 13.0. The number of hydrogen-bond donors (Lipinski definition) is 1. The molecule has 2 aromatic heterocycles. The number of aromatic nitrogens is 2. The Kier molecular flexibility index (Phi) is 4.86. The van der Waals surface area contributed by atoms with E-state index in [4.69, 9.17) is 0 Å². The zero-order valence-corrected chi connectivity index (χ0v) is 16.0. The van der Waals surface area contributed by atoms with Gasteiger partial charge in [0.15, 0.2) is 0 Å². The molecule has 7 nitrogen and oxygen atoms in total. The Morgan fingerprint density at radius 3 is 2.89 bits per heavy atom. The second-order valence-corrected chi connectivity index (χ2v) is 7.72. The third-order valence-corrected chi connectivity index (χ3v) is 5.96. The van der Waals surface area contributed by atoms with E-state index in [1.54, 1.807) is 15.6 Å². The molecule has 144 valence electrons. The Hall–Kier alpha value is -2.41. The Labute approximate surface area is 159 Å². The van der Waals surface area contributed by atoms with Gasteiger partial charge in [0.25, 0.3) is 0 Å². The Morgan fingerprint density at radius 1 is 1.30 bits per heavy atom. The van der Waals surface area contributed by atoms with Crippen LogP contribution < -0.4 is 10.2 Å². The van der Waals surface area contributed by atoms with E-state index in [-0.39, 0.29) is 11.9 Å². The molecule has 27 heavy (non-hydrogen) atoms. The molecule has 2 fully saturated rings. The largest absolute Gasteiger partial charge is 0.328 e. The van der Waals surface area contributed by atoms with Crippen LogP contribution in [-0.4, -0.2) is 52.1 Å². The van der Waals surface area contributed by atoms with Crippen LogP contribution in [0.3, 0.4) is 0 Å². The van der Waals surface area contributed by atoms with Crippen LogP contribution in [0.5, 0.6) is 0 Å². The zero-order chi connectivity index (χ0) is 19.0. The first kappa shape index (κ1) is 18.0. The third-order valence-electron chi connectivity index (χ3n) is 5.96. The van der Waals surface area contributed by atoms with Crippen molar-refractivity contribution in [1.29, 1.82) is 0 Å². The van der Waals surface area contributed by atoms with Crippen molar-refractivity contribution in [3.05, 3.63) is 30.1 Å². The number of carbonyl (C=O) groups excluding carboxylic acids is 2. The number of hydrogen-bond acceptors (Lipinski definition) is 4. The van der Waals surface area contributed by atoms with E-state index < -0.39 is 0 Å². The number of piperidine rings is 1. The molecule has 0 unspecified atom stereocenters. The summed E-state index contributed by atoms with van der Waals surface area (Å²) in [6.45, 7) is 7.24. The van der Waals surface area contributed by atoms with Gasteiger partial charge in [0.1, 0.15) is 0 Å². The Bertz CT molecular complexity index is 861. The highest BCUT2D eigenvalue weighted by Gasteiger charge is 2.27. The molecular formula is C20H27N5O2. The first-order valence-electron chi connectivity index (χ1n) is 9.86. The molecule has 7 heteroatoms. The van der Waals surface area contributed by atoms with Gasteiger partial charge in [-0.05, 0) is 62.9 Å². The fourth-order valence-electron chi connectivity index (χ4n) is 4.45. The summed E-state index contributed by atoms with van der Waals surface area (Å²) in [7, 11) is 0. The fraction of sp³-hybridized carbons (Fsp3) is 0.550. The summed E-state index contributed by atoms with van der Waals surface area (Å²) < 4.78 is 1.80. The van der Waals surface area contributed by atoms with Crippen molar-refractivity contribution in [2.24, 2.45) is 5.92 Å². The molecule has 0 aliphatic carbocycles. The minimum Gasteiger partial charge on any atom is -0.301 e. The van der Waals surface area contributed by atoms with Crippen molar-refractivity contribution < 1.29 is 9.59 Å². The van der Waals surface area contributed by atoms with Crippen molar-refractivity contribution in [3.63, 3.8) is 0 Å². The van der Waals surface area contributed by atoms with E-state index >= 15 is 0 Å². The normalized spacial score (nSPS) is 24.4. The highest BCUT2D eigenvalue weighted by Crippen LogP contribution is 2.28. The van der Waals surface area contributed by atoms with Crippen molar-refractivity contribution in [3.8, 4) is 0 Å². The molecule has 2 atom stereocenters. The Balaban J connectivity index is 1.54. The average Bonchev–Trinajstić information content (AvgIpc) is 3.05. The summed E-state index contributed by atoms with van der Waals surface area (Å²) in [6.07, 6.45) is 7.49. The quantitative estimate of drug-likeness (QED) is 0.899. The first-order valence-corrected chi connectivity index (χ1v) is 9.86. The van der Waals surface area contributed by atoms with Crippen molar-refractivity contribution >= 4 is 23.1 Å². The predicted octanol–water partition coefficient (Wildman–Crippen LogP) is 2.44. The van der Waals surface area contributed by atoms with E-state index in [2.05, 4.69) is 41.3 Å². The minimum absolute atomic E-state index is 0.221. The highest BCUT2D eigenvalue weighted by atomic mass is 16.2. The molecule has 4 rings (SSSR count). The Morgan fingerprint density at radius 2 is 2.15 bits per heavy atom. The van der Waals surface area contributed by atoms with E-state index in [1.165, 1.54) is 24.9 Å². The number of likely N-dealkylation sites (tertiary alicyclic amines) is 1. The number of carbonyl (C=O) groups is 2. The van der Waals surface area contributed by atoms with Crippen LogP contribution >= 0.6 is 0 Å². The molecule has 2 aliphatic heterocycles.